The highest BCUT2D eigenvalue weighted by atomic mass is 32.1. The van der Waals surface area contributed by atoms with Crippen LogP contribution in [0.5, 0.6) is 5.75 Å². The van der Waals surface area contributed by atoms with E-state index in [2.05, 4.69) is 5.32 Å². The molecule has 0 saturated heterocycles. The first-order valence-electron chi connectivity index (χ1n) is 6.18. The summed E-state index contributed by atoms with van der Waals surface area (Å²) in [4.78, 5) is 13.2. The van der Waals surface area contributed by atoms with Gasteiger partial charge in [-0.05, 0) is 43.5 Å². The van der Waals surface area contributed by atoms with Gasteiger partial charge in [-0.2, -0.15) is 0 Å². The van der Waals surface area contributed by atoms with Crippen molar-refractivity contribution in [1.29, 1.82) is 0 Å². The molecule has 0 aliphatic carbocycles. The molecule has 4 heteroatoms. The Morgan fingerprint density at radius 3 is 2.53 bits per heavy atom. The highest BCUT2D eigenvalue weighted by molar-refractivity contribution is 7.10. The minimum atomic E-state index is -0.0133. The first kappa shape index (κ1) is 13.6. The predicted octanol–water partition coefficient (Wildman–Crippen LogP) is 3.04. The molecule has 0 aliphatic heterocycles. The average Bonchev–Trinajstić information content (AvgIpc) is 2.72. The van der Waals surface area contributed by atoms with E-state index in [1.54, 1.807) is 23.5 Å². The van der Waals surface area contributed by atoms with Gasteiger partial charge in [0, 0.05) is 16.8 Å². The Kier molecular flexibility index (Phi) is 4.22. The Morgan fingerprint density at radius 1 is 1.26 bits per heavy atom. The Hall–Kier alpha value is -1.81. The number of phenolic OH excluding ortho intramolecular Hbond substituents is 1. The van der Waals surface area contributed by atoms with Gasteiger partial charge in [0.05, 0.1) is 5.56 Å². The molecule has 2 N–H and O–H groups in total. The largest absolute Gasteiger partial charge is 0.508 e. The lowest BCUT2D eigenvalue weighted by molar-refractivity contribution is 0.0954. The third kappa shape index (κ3) is 3.35. The first-order chi connectivity index (χ1) is 9.08. The van der Waals surface area contributed by atoms with E-state index in [1.807, 2.05) is 31.4 Å². The SMILES string of the molecule is Cc1scc(C(=O)NCCc2ccc(O)cc2)c1C. The van der Waals surface area contributed by atoms with Crippen molar-refractivity contribution in [3.05, 3.63) is 51.2 Å². The van der Waals surface area contributed by atoms with Crippen molar-refractivity contribution in [1.82, 2.24) is 5.32 Å². The standard InChI is InChI=1S/C15H17NO2S/c1-10-11(2)19-9-14(10)15(18)16-8-7-12-3-5-13(17)6-4-12/h3-6,9,17H,7-8H2,1-2H3,(H,16,18). The minimum Gasteiger partial charge on any atom is -0.508 e. The number of nitrogens with one attached hydrogen (secondary N) is 1. The molecule has 0 radical (unpaired) electrons. The van der Waals surface area contributed by atoms with Crippen molar-refractivity contribution in [2.45, 2.75) is 20.3 Å². The normalized spacial score (nSPS) is 10.4. The van der Waals surface area contributed by atoms with Gasteiger partial charge in [0.25, 0.3) is 5.91 Å². The van der Waals surface area contributed by atoms with Gasteiger partial charge in [0.1, 0.15) is 5.75 Å². The molecule has 1 heterocycles. The molecule has 0 atom stereocenters. The molecule has 1 aromatic heterocycles. The molecule has 0 aliphatic rings. The summed E-state index contributed by atoms with van der Waals surface area (Å²) >= 11 is 1.60. The second kappa shape index (κ2) is 5.89. The maximum atomic E-state index is 12.0. The average molecular weight is 275 g/mol. The van der Waals surface area contributed by atoms with Crippen molar-refractivity contribution in [3.63, 3.8) is 0 Å². The number of rotatable bonds is 4. The molecular weight excluding hydrogens is 258 g/mol. The zero-order valence-electron chi connectivity index (χ0n) is 11.1. The van der Waals surface area contributed by atoms with E-state index in [0.717, 1.165) is 23.1 Å². The van der Waals surface area contributed by atoms with Crippen LogP contribution in [0.2, 0.25) is 0 Å². The number of aryl methyl sites for hydroxylation is 1. The Balaban J connectivity index is 1.87. The van der Waals surface area contributed by atoms with Crippen LogP contribution in [0.15, 0.2) is 29.6 Å². The third-order valence-electron chi connectivity index (χ3n) is 3.17. The molecule has 2 rings (SSSR count). The monoisotopic (exact) mass is 275 g/mol. The van der Waals surface area contributed by atoms with Gasteiger partial charge in [-0.25, -0.2) is 0 Å². The second-order valence-corrected chi connectivity index (χ2v) is 5.59. The summed E-state index contributed by atoms with van der Waals surface area (Å²) < 4.78 is 0. The van der Waals surface area contributed by atoms with Crippen molar-refractivity contribution in [2.24, 2.45) is 0 Å². The number of aromatic hydroxyl groups is 1. The Labute approximate surface area is 116 Å². The lowest BCUT2D eigenvalue weighted by atomic mass is 10.1. The van der Waals surface area contributed by atoms with Gasteiger partial charge < -0.3 is 10.4 Å². The summed E-state index contributed by atoms with van der Waals surface area (Å²) in [7, 11) is 0. The molecule has 3 nitrogen and oxygen atoms in total. The van der Waals surface area contributed by atoms with Crippen molar-refractivity contribution in [2.75, 3.05) is 6.54 Å². The van der Waals surface area contributed by atoms with E-state index in [0.29, 0.717) is 6.54 Å². The zero-order valence-corrected chi connectivity index (χ0v) is 11.9. The molecule has 0 bridgehead atoms. The van der Waals surface area contributed by atoms with Crippen LogP contribution < -0.4 is 5.32 Å². The molecule has 1 aromatic carbocycles. The molecule has 2 aromatic rings. The topological polar surface area (TPSA) is 49.3 Å². The van der Waals surface area contributed by atoms with Gasteiger partial charge in [0.2, 0.25) is 0 Å². The lowest BCUT2D eigenvalue weighted by Crippen LogP contribution is -2.25. The van der Waals surface area contributed by atoms with Crippen LogP contribution in [-0.2, 0) is 6.42 Å². The van der Waals surface area contributed by atoms with Crippen molar-refractivity contribution >= 4 is 17.2 Å². The molecule has 0 saturated carbocycles. The summed E-state index contributed by atoms with van der Waals surface area (Å²) in [5.74, 6) is 0.248. The maximum absolute atomic E-state index is 12.0. The van der Waals surface area contributed by atoms with Crippen LogP contribution in [-0.4, -0.2) is 17.6 Å². The first-order valence-corrected chi connectivity index (χ1v) is 7.06. The van der Waals surface area contributed by atoms with Gasteiger partial charge in [-0.3, -0.25) is 4.79 Å². The number of carbonyl (C=O) groups is 1. The van der Waals surface area contributed by atoms with E-state index >= 15 is 0 Å². The highest BCUT2D eigenvalue weighted by Crippen LogP contribution is 2.20. The maximum Gasteiger partial charge on any atom is 0.252 e. The number of phenols is 1. The number of carbonyl (C=O) groups excluding carboxylic acids is 1. The highest BCUT2D eigenvalue weighted by Gasteiger charge is 2.11. The molecule has 0 unspecified atom stereocenters. The van der Waals surface area contributed by atoms with E-state index in [9.17, 15) is 9.90 Å². The Morgan fingerprint density at radius 2 is 1.95 bits per heavy atom. The molecule has 19 heavy (non-hydrogen) atoms. The van der Waals surface area contributed by atoms with Crippen LogP contribution >= 0.6 is 11.3 Å². The second-order valence-electron chi connectivity index (χ2n) is 4.50. The smallest absolute Gasteiger partial charge is 0.252 e. The fraction of sp³-hybridized carbons (Fsp3) is 0.267. The predicted molar refractivity (Wildman–Crippen MR) is 77.9 cm³/mol. The van der Waals surface area contributed by atoms with E-state index in [1.165, 1.54) is 4.88 Å². The summed E-state index contributed by atoms with van der Waals surface area (Å²) in [6.07, 6.45) is 0.758. The number of hydrogen-bond donors (Lipinski definition) is 2. The number of thiophene rings is 1. The fourth-order valence-electron chi connectivity index (χ4n) is 1.82. The molecule has 0 spiro atoms. The minimum absolute atomic E-state index is 0.0133. The number of benzene rings is 1. The van der Waals surface area contributed by atoms with Crippen LogP contribution in [0.25, 0.3) is 0 Å². The van der Waals surface area contributed by atoms with Crippen molar-refractivity contribution < 1.29 is 9.90 Å². The van der Waals surface area contributed by atoms with Crippen LogP contribution in [0.1, 0.15) is 26.4 Å². The summed E-state index contributed by atoms with van der Waals surface area (Å²) in [5, 5.41) is 14.0. The molecule has 1 amide bonds. The third-order valence-corrected chi connectivity index (χ3v) is 4.18. The summed E-state index contributed by atoms with van der Waals surface area (Å²) in [6.45, 7) is 4.59. The zero-order chi connectivity index (χ0) is 13.8. The number of amides is 1. The quantitative estimate of drug-likeness (QED) is 0.901. The molecule has 100 valence electrons. The van der Waals surface area contributed by atoms with Gasteiger partial charge >= 0.3 is 0 Å². The van der Waals surface area contributed by atoms with Gasteiger partial charge in [-0.15, -0.1) is 11.3 Å². The van der Waals surface area contributed by atoms with Crippen LogP contribution in [0.3, 0.4) is 0 Å². The van der Waals surface area contributed by atoms with E-state index < -0.39 is 0 Å². The lowest BCUT2D eigenvalue weighted by Gasteiger charge is -2.05. The van der Waals surface area contributed by atoms with Crippen molar-refractivity contribution in [3.8, 4) is 5.75 Å². The van der Waals surface area contributed by atoms with E-state index in [-0.39, 0.29) is 11.7 Å². The Bertz CT molecular complexity index is 572. The molecular formula is C15H17NO2S. The number of hydrogen-bond acceptors (Lipinski definition) is 3. The molecule has 0 fully saturated rings. The van der Waals surface area contributed by atoms with Crippen LogP contribution in [0.4, 0.5) is 0 Å². The van der Waals surface area contributed by atoms with Gasteiger partial charge in [0.15, 0.2) is 0 Å². The fourth-order valence-corrected chi connectivity index (χ4v) is 2.68. The summed E-state index contributed by atoms with van der Waals surface area (Å²) in [5.41, 5.74) is 2.93. The summed E-state index contributed by atoms with van der Waals surface area (Å²) in [6, 6.07) is 7.04. The van der Waals surface area contributed by atoms with Gasteiger partial charge in [-0.1, -0.05) is 12.1 Å². The van der Waals surface area contributed by atoms with E-state index in [4.69, 9.17) is 0 Å². The van der Waals surface area contributed by atoms with Crippen LogP contribution in [0, 0.1) is 13.8 Å².